The first kappa shape index (κ1) is 6.39. The van der Waals surface area contributed by atoms with Gasteiger partial charge in [-0.15, -0.1) is 11.8 Å². The lowest BCUT2D eigenvalue weighted by Gasteiger charge is -2.02. The van der Waals surface area contributed by atoms with Gasteiger partial charge in [-0.05, 0) is 13.0 Å². The summed E-state index contributed by atoms with van der Waals surface area (Å²) in [5.74, 6) is 0.770. The lowest BCUT2D eigenvalue weighted by atomic mass is 10.4. The fourth-order valence-electron chi connectivity index (χ4n) is 0.907. The van der Waals surface area contributed by atoms with Crippen molar-refractivity contribution in [3.63, 3.8) is 0 Å². The van der Waals surface area contributed by atoms with Crippen molar-refractivity contribution in [3.05, 3.63) is 0 Å². The highest BCUT2D eigenvalue weighted by Gasteiger charge is 2.12. The lowest BCUT2D eigenvalue weighted by Crippen LogP contribution is -2.11. The molecule has 0 aromatic carbocycles. The second-order valence-electron chi connectivity index (χ2n) is 1.95. The van der Waals surface area contributed by atoms with E-state index < -0.39 is 0 Å². The second-order valence-corrected chi connectivity index (χ2v) is 3.28. The summed E-state index contributed by atoms with van der Waals surface area (Å²) in [5.41, 5.74) is 5.34. The van der Waals surface area contributed by atoms with Gasteiger partial charge in [0.05, 0.1) is 0 Å². The fourth-order valence-corrected chi connectivity index (χ4v) is 1.70. The number of nitrogens with one attached hydrogen (secondary N) is 1. The van der Waals surface area contributed by atoms with Gasteiger partial charge in [-0.1, -0.05) is 0 Å². The molecule has 3 N–H and O–H groups in total. The maximum absolute atomic E-state index is 5.34. The zero-order valence-electron chi connectivity index (χ0n) is 4.89. The van der Waals surface area contributed by atoms with E-state index in [-0.39, 0.29) is 0 Å². The van der Waals surface area contributed by atoms with Crippen LogP contribution >= 0.6 is 11.8 Å². The van der Waals surface area contributed by atoms with Gasteiger partial charge in [-0.2, -0.15) is 0 Å². The smallest absolute Gasteiger partial charge is 0.0395 e. The van der Waals surface area contributed by atoms with Crippen molar-refractivity contribution >= 4 is 11.8 Å². The molecular formula is C5H12N2S. The lowest BCUT2D eigenvalue weighted by molar-refractivity contribution is 0.858. The second kappa shape index (κ2) is 3.33. The Balaban J connectivity index is 2.06. The molecule has 0 unspecified atom stereocenters. The maximum atomic E-state index is 5.34. The van der Waals surface area contributed by atoms with Gasteiger partial charge in [0.1, 0.15) is 0 Å². The molecule has 1 fully saturated rings. The molecule has 2 nitrogen and oxygen atoms in total. The highest BCUT2D eigenvalue weighted by atomic mass is 32.2. The normalized spacial score (nSPS) is 28.9. The molecule has 0 saturated carbocycles. The highest BCUT2D eigenvalue weighted by molar-refractivity contribution is 7.99. The van der Waals surface area contributed by atoms with Crippen LogP contribution in [0.2, 0.25) is 0 Å². The topological polar surface area (TPSA) is 38.0 Å². The molecule has 0 radical (unpaired) electrons. The van der Waals surface area contributed by atoms with Crippen molar-refractivity contribution in [2.24, 2.45) is 5.73 Å². The summed E-state index contributed by atoms with van der Waals surface area (Å²) in [4.78, 5) is 0. The van der Waals surface area contributed by atoms with Gasteiger partial charge in [0.15, 0.2) is 0 Å². The Morgan fingerprint density at radius 1 is 1.75 bits per heavy atom. The Morgan fingerprint density at radius 3 is 3.12 bits per heavy atom. The molecule has 8 heavy (non-hydrogen) atoms. The van der Waals surface area contributed by atoms with Crippen LogP contribution in [-0.4, -0.2) is 24.2 Å². The molecule has 0 aromatic rings. The summed E-state index contributed by atoms with van der Waals surface area (Å²) in [6.45, 7) is 2.33. The predicted octanol–water partition coefficient (Wildman–Crippen LogP) is -0.00230. The van der Waals surface area contributed by atoms with Crippen molar-refractivity contribution in [1.82, 2.24) is 5.32 Å². The first-order chi connectivity index (χ1) is 3.93. The Hall–Kier alpha value is 0.270. The predicted molar refractivity (Wildman–Crippen MR) is 37.9 cm³/mol. The van der Waals surface area contributed by atoms with Crippen molar-refractivity contribution in [2.45, 2.75) is 11.7 Å². The first-order valence-corrected chi connectivity index (χ1v) is 4.00. The third kappa shape index (κ3) is 1.65. The fraction of sp³-hybridized carbons (Fsp3) is 1.00. The minimum Gasteiger partial charge on any atom is -0.322 e. The summed E-state index contributed by atoms with van der Waals surface area (Å²) in [6.07, 6.45) is 1.29. The molecule has 0 aliphatic carbocycles. The highest BCUT2D eigenvalue weighted by Crippen LogP contribution is 2.14. The van der Waals surface area contributed by atoms with Crippen molar-refractivity contribution < 1.29 is 0 Å². The van der Waals surface area contributed by atoms with Crippen molar-refractivity contribution in [1.29, 1.82) is 0 Å². The number of nitrogens with two attached hydrogens (primary N) is 1. The molecule has 1 heterocycles. The SMILES string of the molecule is NCS[C@H]1CCNC1. The largest absolute Gasteiger partial charge is 0.322 e. The Bertz CT molecular complexity index is 61.4. The summed E-state index contributed by atoms with van der Waals surface area (Å²) < 4.78 is 0. The Morgan fingerprint density at radius 2 is 2.62 bits per heavy atom. The average molecular weight is 132 g/mol. The summed E-state index contributed by atoms with van der Waals surface area (Å²) >= 11 is 1.85. The molecule has 1 saturated heterocycles. The Labute approximate surface area is 54.2 Å². The third-order valence-corrected chi connectivity index (χ3v) is 2.41. The molecule has 1 aliphatic rings. The van der Waals surface area contributed by atoms with Crippen LogP contribution in [0, 0.1) is 0 Å². The van der Waals surface area contributed by atoms with E-state index in [4.69, 9.17) is 5.73 Å². The van der Waals surface area contributed by atoms with E-state index in [9.17, 15) is 0 Å². The quantitative estimate of drug-likeness (QED) is 0.519. The average Bonchev–Trinajstić information content (AvgIpc) is 2.19. The van der Waals surface area contributed by atoms with E-state index in [1.54, 1.807) is 0 Å². The molecule has 1 atom stereocenters. The minimum atomic E-state index is 0.770. The van der Waals surface area contributed by atoms with E-state index in [2.05, 4.69) is 5.32 Å². The number of hydrogen-bond donors (Lipinski definition) is 2. The van der Waals surface area contributed by atoms with Gasteiger partial charge >= 0.3 is 0 Å². The van der Waals surface area contributed by atoms with Gasteiger partial charge in [0, 0.05) is 17.7 Å². The van der Waals surface area contributed by atoms with Gasteiger partial charge in [0.2, 0.25) is 0 Å². The number of rotatable bonds is 2. The van der Waals surface area contributed by atoms with Crippen molar-refractivity contribution in [3.8, 4) is 0 Å². The summed E-state index contributed by atoms with van der Waals surface area (Å²) in [7, 11) is 0. The zero-order chi connectivity index (χ0) is 5.82. The molecule has 3 heteroatoms. The van der Waals surface area contributed by atoms with Gasteiger partial charge in [-0.3, -0.25) is 0 Å². The van der Waals surface area contributed by atoms with Crippen LogP contribution in [0.3, 0.4) is 0 Å². The first-order valence-electron chi connectivity index (χ1n) is 2.96. The van der Waals surface area contributed by atoms with Crippen LogP contribution < -0.4 is 11.1 Å². The van der Waals surface area contributed by atoms with Gasteiger partial charge in [0.25, 0.3) is 0 Å². The molecule has 0 amide bonds. The number of thioether (sulfide) groups is 1. The van der Waals surface area contributed by atoms with Gasteiger partial charge in [-0.25, -0.2) is 0 Å². The molecule has 1 rings (SSSR count). The van der Waals surface area contributed by atoms with E-state index in [1.165, 1.54) is 13.0 Å². The van der Waals surface area contributed by atoms with Crippen LogP contribution in [0.5, 0.6) is 0 Å². The summed E-state index contributed by atoms with van der Waals surface area (Å²) in [6, 6.07) is 0. The van der Waals surface area contributed by atoms with E-state index in [0.29, 0.717) is 0 Å². The molecule has 48 valence electrons. The minimum absolute atomic E-state index is 0.770. The summed E-state index contributed by atoms with van der Waals surface area (Å²) in [5, 5.41) is 4.07. The van der Waals surface area contributed by atoms with Crippen LogP contribution in [-0.2, 0) is 0 Å². The molecule has 1 aliphatic heterocycles. The Kier molecular flexibility index (Phi) is 2.66. The van der Waals surface area contributed by atoms with Crippen molar-refractivity contribution in [2.75, 3.05) is 19.0 Å². The van der Waals surface area contributed by atoms with E-state index >= 15 is 0 Å². The third-order valence-electron chi connectivity index (χ3n) is 1.35. The van der Waals surface area contributed by atoms with Crippen LogP contribution in [0.25, 0.3) is 0 Å². The van der Waals surface area contributed by atoms with Crippen LogP contribution in [0.1, 0.15) is 6.42 Å². The molecular weight excluding hydrogens is 120 g/mol. The zero-order valence-corrected chi connectivity index (χ0v) is 5.71. The van der Waals surface area contributed by atoms with Gasteiger partial charge < -0.3 is 11.1 Å². The molecule has 0 spiro atoms. The van der Waals surface area contributed by atoms with E-state index in [1.807, 2.05) is 11.8 Å². The maximum Gasteiger partial charge on any atom is 0.0395 e. The molecule has 0 bridgehead atoms. The number of hydrogen-bond acceptors (Lipinski definition) is 3. The molecule has 0 aromatic heterocycles. The van der Waals surface area contributed by atoms with E-state index in [0.717, 1.165) is 17.7 Å². The standard InChI is InChI=1S/C5H12N2S/c6-4-8-5-1-2-7-3-5/h5,7H,1-4,6H2/t5-/m0/s1. The monoisotopic (exact) mass is 132 g/mol. The van der Waals surface area contributed by atoms with Crippen LogP contribution in [0.4, 0.5) is 0 Å². The van der Waals surface area contributed by atoms with Crippen LogP contribution in [0.15, 0.2) is 0 Å².